The molecule has 0 saturated heterocycles. The minimum atomic E-state index is -0.166. The summed E-state index contributed by atoms with van der Waals surface area (Å²) in [4.78, 5) is 0. The highest BCUT2D eigenvalue weighted by Crippen LogP contribution is 2.21. The molecule has 0 amide bonds. The van der Waals surface area contributed by atoms with E-state index < -0.39 is 0 Å². The molecule has 3 heteroatoms. The molecule has 1 aromatic carbocycles. The molecule has 0 heterocycles. The SMILES string of the molecule is C=CCCCCCC(NN)c1ccc(F)c(C)c1. The zero-order valence-electron chi connectivity index (χ0n) is 11.1. The number of unbranched alkanes of at least 4 members (excludes halogenated alkanes) is 3. The number of hydrogen-bond donors (Lipinski definition) is 2. The third-order valence-corrected chi connectivity index (χ3v) is 3.19. The van der Waals surface area contributed by atoms with Gasteiger partial charge in [0.15, 0.2) is 0 Å². The van der Waals surface area contributed by atoms with Crippen LogP contribution in [-0.2, 0) is 0 Å². The fraction of sp³-hybridized carbons (Fsp3) is 0.467. The van der Waals surface area contributed by atoms with E-state index in [4.69, 9.17) is 5.84 Å². The summed E-state index contributed by atoms with van der Waals surface area (Å²) in [5, 5.41) is 0. The van der Waals surface area contributed by atoms with Crippen molar-refractivity contribution < 1.29 is 4.39 Å². The van der Waals surface area contributed by atoms with Crippen LogP contribution < -0.4 is 11.3 Å². The molecule has 1 aromatic rings. The summed E-state index contributed by atoms with van der Waals surface area (Å²) in [5.74, 6) is 5.41. The van der Waals surface area contributed by atoms with Gasteiger partial charge in [-0.05, 0) is 43.4 Å². The summed E-state index contributed by atoms with van der Waals surface area (Å²) in [6, 6.07) is 5.28. The number of nitrogens with two attached hydrogens (primary N) is 1. The zero-order chi connectivity index (χ0) is 13.4. The van der Waals surface area contributed by atoms with Gasteiger partial charge in [-0.2, -0.15) is 0 Å². The van der Waals surface area contributed by atoms with E-state index in [2.05, 4.69) is 12.0 Å². The summed E-state index contributed by atoms with van der Waals surface area (Å²) in [7, 11) is 0. The number of hydrazine groups is 1. The van der Waals surface area contributed by atoms with Gasteiger partial charge in [0.2, 0.25) is 0 Å². The lowest BCUT2D eigenvalue weighted by molar-refractivity contribution is 0.482. The number of aryl methyl sites for hydroxylation is 1. The topological polar surface area (TPSA) is 38.0 Å². The molecular formula is C15H23FN2. The van der Waals surface area contributed by atoms with E-state index in [1.807, 2.05) is 12.1 Å². The highest BCUT2D eigenvalue weighted by molar-refractivity contribution is 5.26. The molecule has 0 fully saturated rings. The van der Waals surface area contributed by atoms with Crippen LogP contribution in [0.2, 0.25) is 0 Å². The maximum absolute atomic E-state index is 13.2. The Bertz CT molecular complexity index is 377. The molecule has 0 aliphatic rings. The molecule has 1 unspecified atom stereocenters. The zero-order valence-corrected chi connectivity index (χ0v) is 11.1. The summed E-state index contributed by atoms with van der Waals surface area (Å²) < 4.78 is 13.2. The molecule has 0 aliphatic carbocycles. The van der Waals surface area contributed by atoms with E-state index in [1.165, 1.54) is 18.9 Å². The molecule has 0 saturated carbocycles. The molecule has 0 aromatic heterocycles. The average Bonchev–Trinajstić information content (AvgIpc) is 2.37. The molecule has 0 radical (unpaired) electrons. The van der Waals surface area contributed by atoms with Gasteiger partial charge >= 0.3 is 0 Å². The molecular weight excluding hydrogens is 227 g/mol. The van der Waals surface area contributed by atoms with Crippen LogP contribution in [0.5, 0.6) is 0 Å². The van der Waals surface area contributed by atoms with Gasteiger partial charge in [0.1, 0.15) is 5.82 Å². The Labute approximate surface area is 109 Å². The monoisotopic (exact) mass is 250 g/mol. The van der Waals surface area contributed by atoms with Gasteiger partial charge in [0, 0.05) is 6.04 Å². The van der Waals surface area contributed by atoms with Crippen molar-refractivity contribution in [2.45, 2.75) is 45.1 Å². The van der Waals surface area contributed by atoms with Crippen molar-refractivity contribution in [1.29, 1.82) is 0 Å². The minimum Gasteiger partial charge on any atom is -0.271 e. The molecule has 0 bridgehead atoms. The third-order valence-electron chi connectivity index (χ3n) is 3.19. The first-order valence-corrected chi connectivity index (χ1v) is 6.52. The van der Waals surface area contributed by atoms with Crippen molar-refractivity contribution in [2.75, 3.05) is 0 Å². The lowest BCUT2D eigenvalue weighted by Gasteiger charge is -2.17. The number of nitrogens with one attached hydrogen (secondary N) is 1. The van der Waals surface area contributed by atoms with Crippen LogP contribution in [-0.4, -0.2) is 0 Å². The van der Waals surface area contributed by atoms with Gasteiger partial charge in [-0.3, -0.25) is 11.3 Å². The van der Waals surface area contributed by atoms with Gasteiger partial charge in [0.25, 0.3) is 0 Å². The fourth-order valence-electron chi connectivity index (χ4n) is 2.04. The Hall–Kier alpha value is -1.19. The van der Waals surface area contributed by atoms with Gasteiger partial charge in [-0.1, -0.05) is 31.1 Å². The van der Waals surface area contributed by atoms with E-state index >= 15 is 0 Å². The number of hydrogen-bond acceptors (Lipinski definition) is 2. The smallest absolute Gasteiger partial charge is 0.126 e. The van der Waals surface area contributed by atoms with Crippen LogP contribution in [0.4, 0.5) is 4.39 Å². The summed E-state index contributed by atoms with van der Waals surface area (Å²) in [6.07, 6.45) is 7.43. The predicted octanol–water partition coefficient (Wildman–Crippen LogP) is 3.78. The van der Waals surface area contributed by atoms with Crippen molar-refractivity contribution in [3.63, 3.8) is 0 Å². The van der Waals surface area contributed by atoms with Crippen LogP contribution in [0.25, 0.3) is 0 Å². The van der Waals surface area contributed by atoms with Crippen LogP contribution in [0.15, 0.2) is 30.9 Å². The van der Waals surface area contributed by atoms with E-state index in [1.54, 1.807) is 13.0 Å². The molecule has 18 heavy (non-hydrogen) atoms. The largest absolute Gasteiger partial charge is 0.271 e. The van der Waals surface area contributed by atoms with E-state index in [0.717, 1.165) is 24.8 Å². The number of benzene rings is 1. The Morgan fingerprint density at radius 1 is 1.39 bits per heavy atom. The molecule has 1 rings (SSSR count). The third kappa shape index (κ3) is 4.59. The first-order valence-electron chi connectivity index (χ1n) is 6.52. The van der Waals surface area contributed by atoms with E-state index in [-0.39, 0.29) is 11.9 Å². The Kier molecular flexibility index (Phi) is 6.61. The number of allylic oxidation sites excluding steroid dienone is 1. The fourth-order valence-corrected chi connectivity index (χ4v) is 2.04. The maximum atomic E-state index is 13.2. The van der Waals surface area contributed by atoms with Crippen molar-refractivity contribution in [3.8, 4) is 0 Å². The average molecular weight is 250 g/mol. The van der Waals surface area contributed by atoms with Gasteiger partial charge in [0.05, 0.1) is 0 Å². The Morgan fingerprint density at radius 2 is 2.17 bits per heavy atom. The summed E-state index contributed by atoms with van der Waals surface area (Å²) in [5.41, 5.74) is 4.54. The first kappa shape index (κ1) is 14.9. The van der Waals surface area contributed by atoms with Crippen LogP contribution >= 0.6 is 0 Å². The highest BCUT2D eigenvalue weighted by atomic mass is 19.1. The van der Waals surface area contributed by atoms with E-state index in [0.29, 0.717) is 5.56 Å². The van der Waals surface area contributed by atoms with Crippen LogP contribution in [0.3, 0.4) is 0 Å². The molecule has 0 aliphatic heterocycles. The van der Waals surface area contributed by atoms with Crippen molar-refractivity contribution in [3.05, 3.63) is 47.8 Å². The second kappa shape index (κ2) is 8.01. The second-order valence-electron chi connectivity index (χ2n) is 4.65. The Morgan fingerprint density at radius 3 is 2.78 bits per heavy atom. The number of rotatable bonds is 8. The van der Waals surface area contributed by atoms with Crippen molar-refractivity contribution >= 4 is 0 Å². The van der Waals surface area contributed by atoms with Crippen LogP contribution in [0, 0.1) is 12.7 Å². The lowest BCUT2D eigenvalue weighted by Crippen LogP contribution is -2.28. The summed E-state index contributed by atoms with van der Waals surface area (Å²) >= 11 is 0. The van der Waals surface area contributed by atoms with Crippen molar-refractivity contribution in [2.24, 2.45) is 5.84 Å². The van der Waals surface area contributed by atoms with Gasteiger partial charge in [-0.15, -0.1) is 6.58 Å². The molecule has 0 spiro atoms. The molecule has 3 N–H and O–H groups in total. The molecule has 1 atom stereocenters. The standard InChI is InChI=1S/C15H23FN2/c1-3-4-5-6-7-8-15(18-17)13-9-10-14(16)12(2)11-13/h3,9-11,15,18H,1,4-8,17H2,2H3. The normalized spacial score (nSPS) is 12.4. The lowest BCUT2D eigenvalue weighted by atomic mass is 9.99. The second-order valence-corrected chi connectivity index (χ2v) is 4.65. The summed E-state index contributed by atoms with van der Waals surface area (Å²) in [6.45, 7) is 5.48. The molecule has 2 nitrogen and oxygen atoms in total. The van der Waals surface area contributed by atoms with Crippen LogP contribution in [0.1, 0.15) is 49.3 Å². The van der Waals surface area contributed by atoms with Gasteiger partial charge in [-0.25, -0.2) is 4.39 Å². The quantitative estimate of drug-likeness (QED) is 0.319. The van der Waals surface area contributed by atoms with E-state index in [9.17, 15) is 4.39 Å². The predicted molar refractivity (Wildman–Crippen MR) is 74.5 cm³/mol. The maximum Gasteiger partial charge on any atom is 0.126 e. The Balaban J connectivity index is 2.49. The first-order chi connectivity index (χ1) is 8.69. The molecule has 100 valence electrons. The highest BCUT2D eigenvalue weighted by Gasteiger charge is 2.10. The minimum absolute atomic E-state index is 0.105. The van der Waals surface area contributed by atoms with Crippen molar-refractivity contribution in [1.82, 2.24) is 5.43 Å². The van der Waals surface area contributed by atoms with Gasteiger partial charge < -0.3 is 0 Å². The number of halogens is 1.